The lowest BCUT2D eigenvalue weighted by Crippen LogP contribution is -2.24. The Balaban J connectivity index is 2.43. The molecule has 0 radical (unpaired) electrons. The highest BCUT2D eigenvalue weighted by molar-refractivity contribution is 9.10. The van der Waals surface area contributed by atoms with Crippen molar-refractivity contribution in [2.45, 2.75) is 39.0 Å². The third-order valence-electron chi connectivity index (χ3n) is 2.97. The van der Waals surface area contributed by atoms with Crippen LogP contribution >= 0.6 is 15.9 Å². The van der Waals surface area contributed by atoms with E-state index in [-0.39, 0.29) is 5.91 Å². The predicted molar refractivity (Wildman–Crippen MR) is 81.8 cm³/mol. The summed E-state index contributed by atoms with van der Waals surface area (Å²) in [5.41, 5.74) is 0.574. The van der Waals surface area contributed by atoms with E-state index in [4.69, 9.17) is 4.74 Å². The van der Waals surface area contributed by atoms with Crippen molar-refractivity contribution in [3.63, 3.8) is 0 Å². The van der Waals surface area contributed by atoms with E-state index in [0.717, 1.165) is 17.4 Å². The second-order valence-corrected chi connectivity index (χ2v) is 5.43. The number of unbranched alkanes of at least 4 members (excludes halogenated alkanes) is 4. The number of carbonyl (C=O) groups is 1. The molecule has 0 saturated heterocycles. The molecule has 0 saturated carbocycles. The van der Waals surface area contributed by atoms with Crippen LogP contribution in [-0.4, -0.2) is 19.6 Å². The minimum atomic E-state index is -0.0753. The van der Waals surface area contributed by atoms with Gasteiger partial charge in [-0.1, -0.05) is 48.5 Å². The Hall–Kier alpha value is -1.03. The maximum absolute atomic E-state index is 12.1. The molecule has 0 unspecified atom stereocenters. The van der Waals surface area contributed by atoms with E-state index in [1.165, 1.54) is 25.7 Å². The fraction of sp³-hybridized carbons (Fsp3) is 0.533. The molecule has 0 bridgehead atoms. The lowest BCUT2D eigenvalue weighted by molar-refractivity contribution is 0.0950. The number of benzene rings is 1. The van der Waals surface area contributed by atoms with Crippen molar-refractivity contribution in [3.05, 3.63) is 28.2 Å². The average Bonchev–Trinajstić information content (AvgIpc) is 2.42. The van der Waals surface area contributed by atoms with Gasteiger partial charge in [0.1, 0.15) is 5.75 Å². The molecule has 1 N–H and O–H groups in total. The smallest absolute Gasteiger partial charge is 0.255 e. The minimum Gasteiger partial charge on any atom is -0.496 e. The molecule has 0 atom stereocenters. The normalized spacial score (nSPS) is 10.3. The lowest BCUT2D eigenvalue weighted by Gasteiger charge is -2.09. The van der Waals surface area contributed by atoms with E-state index in [9.17, 15) is 4.79 Å². The van der Waals surface area contributed by atoms with Crippen molar-refractivity contribution in [2.75, 3.05) is 13.7 Å². The molecule has 0 aliphatic heterocycles. The zero-order valence-corrected chi connectivity index (χ0v) is 13.3. The monoisotopic (exact) mass is 327 g/mol. The lowest BCUT2D eigenvalue weighted by atomic mass is 10.1. The Bertz CT molecular complexity index is 407. The van der Waals surface area contributed by atoms with Crippen LogP contribution in [-0.2, 0) is 0 Å². The second kappa shape index (κ2) is 8.97. The molecule has 1 aromatic carbocycles. The van der Waals surface area contributed by atoms with Gasteiger partial charge in [-0.3, -0.25) is 4.79 Å². The Morgan fingerprint density at radius 3 is 2.68 bits per heavy atom. The van der Waals surface area contributed by atoms with Crippen LogP contribution in [0, 0.1) is 0 Å². The van der Waals surface area contributed by atoms with Gasteiger partial charge in [0.25, 0.3) is 5.91 Å². The third-order valence-corrected chi connectivity index (χ3v) is 3.47. The highest BCUT2D eigenvalue weighted by Gasteiger charge is 2.11. The van der Waals surface area contributed by atoms with Crippen molar-refractivity contribution in [2.24, 2.45) is 0 Å². The molecular weight excluding hydrogens is 306 g/mol. The van der Waals surface area contributed by atoms with Crippen LogP contribution in [0.1, 0.15) is 49.4 Å². The second-order valence-electron chi connectivity index (χ2n) is 4.51. The summed E-state index contributed by atoms with van der Waals surface area (Å²) in [5.74, 6) is 0.528. The first kappa shape index (κ1) is 16.0. The number of methoxy groups -OCH3 is 1. The molecule has 3 nitrogen and oxygen atoms in total. The van der Waals surface area contributed by atoms with Crippen LogP contribution < -0.4 is 10.1 Å². The van der Waals surface area contributed by atoms with Gasteiger partial charge in [-0.2, -0.15) is 0 Å². The molecule has 1 aromatic rings. The fourth-order valence-corrected chi connectivity index (χ4v) is 2.24. The van der Waals surface area contributed by atoms with E-state index in [0.29, 0.717) is 11.3 Å². The van der Waals surface area contributed by atoms with Gasteiger partial charge in [-0.15, -0.1) is 0 Å². The van der Waals surface area contributed by atoms with Gasteiger partial charge in [-0.05, 0) is 24.6 Å². The van der Waals surface area contributed by atoms with Crippen molar-refractivity contribution in [1.82, 2.24) is 5.32 Å². The largest absolute Gasteiger partial charge is 0.496 e. The van der Waals surface area contributed by atoms with Gasteiger partial charge in [0.15, 0.2) is 0 Å². The summed E-state index contributed by atoms with van der Waals surface area (Å²) in [6.45, 7) is 2.92. The number of nitrogens with one attached hydrogen (secondary N) is 1. The molecule has 0 aliphatic carbocycles. The molecule has 106 valence electrons. The maximum Gasteiger partial charge on any atom is 0.255 e. The van der Waals surface area contributed by atoms with Gasteiger partial charge in [0.2, 0.25) is 0 Å². The Kier molecular flexibility index (Phi) is 7.56. The molecule has 1 rings (SSSR count). The standard InChI is InChI=1S/C15H22BrNO2/c1-3-4-5-6-7-10-17-15(18)13-11-12(16)8-9-14(13)19-2/h8-9,11H,3-7,10H2,1-2H3,(H,17,18). The first-order chi connectivity index (χ1) is 9.19. The van der Waals surface area contributed by atoms with Crippen LogP contribution in [0.25, 0.3) is 0 Å². The average molecular weight is 328 g/mol. The van der Waals surface area contributed by atoms with Gasteiger partial charge in [0, 0.05) is 11.0 Å². The van der Waals surface area contributed by atoms with E-state index in [2.05, 4.69) is 28.2 Å². The van der Waals surface area contributed by atoms with Crippen molar-refractivity contribution in [3.8, 4) is 5.75 Å². The first-order valence-corrected chi connectivity index (χ1v) is 7.60. The number of hydrogen-bond donors (Lipinski definition) is 1. The Morgan fingerprint density at radius 2 is 2.00 bits per heavy atom. The van der Waals surface area contributed by atoms with Gasteiger partial charge in [-0.25, -0.2) is 0 Å². The summed E-state index contributed by atoms with van der Waals surface area (Å²) in [6.07, 6.45) is 5.95. The number of ether oxygens (including phenoxy) is 1. The van der Waals surface area contributed by atoms with Crippen LogP contribution in [0.3, 0.4) is 0 Å². The van der Waals surface area contributed by atoms with Gasteiger partial charge in [0.05, 0.1) is 12.7 Å². The number of carbonyl (C=O) groups excluding carboxylic acids is 1. The summed E-state index contributed by atoms with van der Waals surface area (Å²) in [7, 11) is 1.57. The summed E-state index contributed by atoms with van der Waals surface area (Å²) in [4.78, 5) is 12.1. The predicted octanol–water partition coefficient (Wildman–Crippen LogP) is 4.16. The fourth-order valence-electron chi connectivity index (χ4n) is 1.88. The number of amides is 1. The SMILES string of the molecule is CCCCCCCNC(=O)c1cc(Br)ccc1OC. The summed E-state index contributed by atoms with van der Waals surface area (Å²) in [6, 6.07) is 5.44. The molecule has 1 amide bonds. The summed E-state index contributed by atoms with van der Waals surface area (Å²) >= 11 is 3.37. The van der Waals surface area contributed by atoms with Crippen LogP contribution in [0.4, 0.5) is 0 Å². The summed E-state index contributed by atoms with van der Waals surface area (Å²) in [5, 5.41) is 2.94. The Labute approximate surface area is 123 Å². The molecule has 0 heterocycles. The first-order valence-electron chi connectivity index (χ1n) is 6.80. The quantitative estimate of drug-likeness (QED) is 0.728. The topological polar surface area (TPSA) is 38.3 Å². The highest BCUT2D eigenvalue weighted by atomic mass is 79.9. The van der Waals surface area contributed by atoms with E-state index in [1.54, 1.807) is 19.2 Å². The van der Waals surface area contributed by atoms with Gasteiger partial charge < -0.3 is 10.1 Å². The van der Waals surface area contributed by atoms with Gasteiger partial charge >= 0.3 is 0 Å². The number of rotatable bonds is 8. The van der Waals surface area contributed by atoms with Crippen molar-refractivity contribution < 1.29 is 9.53 Å². The minimum absolute atomic E-state index is 0.0753. The van der Waals surface area contributed by atoms with Crippen LogP contribution in [0.15, 0.2) is 22.7 Å². The molecular formula is C15H22BrNO2. The molecule has 0 aliphatic rings. The van der Waals surface area contributed by atoms with Crippen molar-refractivity contribution >= 4 is 21.8 Å². The molecule has 0 spiro atoms. The van der Waals surface area contributed by atoms with Crippen molar-refractivity contribution in [1.29, 1.82) is 0 Å². The zero-order valence-electron chi connectivity index (χ0n) is 11.7. The van der Waals surface area contributed by atoms with Crippen LogP contribution in [0.2, 0.25) is 0 Å². The molecule has 19 heavy (non-hydrogen) atoms. The number of halogens is 1. The highest BCUT2D eigenvalue weighted by Crippen LogP contribution is 2.22. The maximum atomic E-state index is 12.1. The molecule has 4 heteroatoms. The zero-order chi connectivity index (χ0) is 14.1. The third kappa shape index (κ3) is 5.64. The molecule has 0 fully saturated rings. The molecule has 0 aromatic heterocycles. The van der Waals surface area contributed by atoms with Crippen LogP contribution in [0.5, 0.6) is 5.75 Å². The number of hydrogen-bond acceptors (Lipinski definition) is 2. The van der Waals surface area contributed by atoms with E-state index < -0.39 is 0 Å². The Morgan fingerprint density at radius 1 is 1.26 bits per heavy atom. The van der Waals surface area contributed by atoms with E-state index in [1.807, 2.05) is 6.07 Å². The van der Waals surface area contributed by atoms with E-state index >= 15 is 0 Å². The summed E-state index contributed by atoms with van der Waals surface area (Å²) < 4.78 is 6.08.